The molecule has 0 fully saturated rings. The number of hydrogen-bond donors (Lipinski definition) is 2. The Morgan fingerprint density at radius 1 is 1.70 bits per heavy atom. The second kappa shape index (κ2) is 6.81. The van der Waals surface area contributed by atoms with Crippen molar-refractivity contribution in [2.24, 2.45) is 4.99 Å². The van der Waals surface area contributed by atoms with Crippen LogP contribution in [0.1, 0.15) is 19.8 Å². The van der Waals surface area contributed by atoms with Gasteiger partial charge >= 0.3 is 0 Å². The van der Waals surface area contributed by atoms with Crippen LogP contribution in [0, 0.1) is 5.41 Å². The van der Waals surface area contributed by atoms with E-state index in [1.54, 1.807) is 6.21 Å². The number of nitrogens with zero attached hydrogens (tertiary/aromatic N) is 1. The maximum Gasteiger partial charge on any atom is 0.0473 e. The molecule has 0 aliphatic rings. The summed E-state index contributed by atoms with van der Waals surface area (Å²) in [4.78, 5) is 4.04. The van der Waals surface area contributed by atoms with E-state index in [0.717, 1.165) is 24.4 Å². The Morgan fingerprint density at radius 3 is 2.90 bits per heavy atom. The van der Waals surface area contributed by atoms with E-state index in [2.05, 4.69) is 17.6 Å². The van der Waals surface area contributed by atoms with E-state index in [4.69, 9.17) is 5.41 Å². The molecule has 58 valence electrons. The van der Waals surface area contributed by atoms with Gasteiger partial charge in [-0.2, -0.15) is 12.6 Å². The van der Waals surface area contributed by atoms with Crippen molar-refractivity contribution in [2.45, 2.75) is 19.8 Å². The lowest BCUT2D eigenvalue weighted by Gasteiger charge is -1.91. The van der Waals surface area contributed by atoms with Gasteiger partial charge in [-0.1, -0.05) is 6.92 Å². The van der Waals surface area contributed by atoms with Crippen LogP contribution in [0.3, 0.4) is 0 Å². The maximum absolute atomic E-state index is 7.26. The molecule has 0 aliphatic carbocycles. The molecule has 0 bridgehead atoms. The van der Waals surface area contributed by atoms with Crippen LogP contribution < -0.4 is 0 Å². The van der Waals surface area contributed by atoms with E-state index in [1.807, 2.05) is 6.92 Å². The van der Waals surface area contributed by atoms with Crippen molar-refractivity contribution in [1.29, 1.82) is 5.41 Å². The Labute approximate surface area is 67.7 Å². The van der Waals surface area contributed by atoms with Crippen molar-refractivity contribution < 1.29 is 0 Å². The first kappa shape index (κ1) is 9.69. The van der Waals surface area contributed by atoms with E-state index in [-0.39, 0.29) is 0 Å². The quantitative estimate of drug-likeness (QED) is 0.452. The second-order valence-electron chi connectivity index (χ2n) is 1.97. The lowest BCUT2D eigenvalue weighted by Crippen LogP contribution is -1.94. The summed E-state index contributed by atoms with van der Waals surface area (Å²) in [6.45, 7) is 2.74. The molecule has 3 heteroatoms. The Morgan fingerprint density at radius 2 is 2.40 bits per heavy atom. The molecule has 0 amide bonds. The van der Waals surface area contributed by atoms with Crippen LogP contribution in [0.15, 0.2) is 4.99 Å². The van der Waals surface area contributed by atoms with Gasteiger partial charge in [-0.05, 0) is 6.42 Å². The Bertz CT molecular complexity index is 121. The van der Waals surface area contributed by atoms with Crippen LogP contribution in [0.2, 0.25) is 0 Å². The highest BCUT2D eigenvalue weighted by molar-refractivity contribution is 7.80. The third-order valence-electron chi connectivity index (χ3n) is 1.12. The number of hydrogen-bond acceptors (Lipinski definition) is 3. The van der Waals surface area contributed by atoms with E-state index in [9.17, 15) is 0 Å². The molecule has 0 spiro atoms. The Kier molecular flexibility index (Phi) is 6.59. The minimum Gasteiger partial charge on any atom is -0.309 e. The average molecular weight is 158 g/mol. The number of aliphatic imine (C=N–C) groups is 1. The van der Waals surface area contributed by atoms with Crippen LogP contribution in [0.4, 0.5) is 0 Å². The minimum absolute atomic E-state index is 0.699. The SMILES string of the molecule is CCC(=N)CC=NCCS. The summed E-state index contributed by atoms with van der Waals surface area (Å²) in [5.41, 5.74) is 0.739. The summed E-state index contributed by atoms with van der Waals surface area (Å²) >= 11 is 4.00. The summed E-state index contributed by atoms with van der Waals surface area (Å²) in [6.07, 6.45) is 3.32. The summed E-state index contributed by atoms with van der Waals surface area (Å²) in [7, 11) is 0. The molecule has 0 aromatic rings. The van der Waals surface area contributed by atoms with Crippen molar-refractivity contribution in [1.82, 2.24) is 0 Å². The zero-order valence-electron chi connectivity index (χ0n) is 6.30. The monoisotopic (exact) mass is 158 g/mol. The van der Waals surface area contributed by atoms with Gasteiger partial charge in [-0.3, -0.25) is 4.99 Å². The molecule has 2 nitrogen and oxygen atoms in total. The summed E-state index contributed by atoms with van der Waals surface area (Å²) in [5.74, 6) is 0.788. The highest BCUT2D eigenvalue weighted by Crippen LogP contribution is 1.85. The summed E-state index contributed by atoms with van der Waals surface area (Å²) < 4.78 is 0. The largest absolute Gasteiger partial charge is 0.309 e. The first-order valence-electron chi connectivity index (χ1n) is 3.46. The lowest BCUT2D eigenvalue weighted by atomic mass is 10.2. The molecular weight excluding hydrogens is 144 g/mol. The molecular formula is C7H14N2S. The predicted molar refractivity (Wildman–Crippen MR) is 49.8 cm³/mol. The van der Waals surface area contributed by atoms with Crippen molar-refractivity contribution in [2.75, 3.05) is 12.3 Å². The molecule has 0 atom stereocenters. The van der Waals surface area contributed by atoms with Crippen molar-refractivity contribution >= 4 is 24.6 Å². The van der Waals surface area contributed by atoms with Gasteiger partial charge in [0.25, 0.3) is 0 Å². The lowest BCUT2D eigenvalue weighted by molar-refractivity contribution is 1.14. The molecule has 0 saturated heterocycles. The first-order valence-corrected chi connectivity index (χ1v) is 4.10. The highest BCUT2D eigenvalue weighted by atomic mass is 32.1. The van der Waals surface area contributed by atoms with Gasteiger partial charge in [0.05, 0.1) is 0 Å². The van der Waals surface area contributed by atoms with Gasteiger partial charge in [0, 0.05) is 30.6 Å². The van der Waals surface area contributed by atoms with Gasteiger partial charge in [0.2, 0.25) is 0 Å². The Hall–Kier alpha value is -0.310. The number of thiol groups is 1. The van der Waals surface area contributed by atoms with E-state index >= 15 is 0 Å². The topological polar surface area (TPSA) is 36.2 Å². The first-order chi connectivity index (χ1) is 4.81. The van der Waals surface area contributed by atoms with Crippen molar-refractivity contribution in [3.8, 4) is 0 Å². The second-order valence-corrected chi connectivity index (χ2v) is 2.42. The van der Waals surface area contributed by atoms with Crippen molar-refractivity contribution in [3.05, 3.63) is 0 Å². The Balaban J connectivity index is 3.25. The molecule has 1 N–H and O–H groups in total. The summed E-state index contributed by atoms with van der Waals surface area (Å²) in [6, 6.07) is 0. The fourth-order valence-corrected chi connectivity index (χ4v) is 0.584. The standard InChI is InChI=1S/C7H14N2S/c1-2-7(8)3-4-9-5-6-10/h4,8,10H,2-3,5-6H2,1H3. The fraction of sp³-hybridized carbons (Fsp3) is 0.714. The molecule has 0 heterocycles. The number of rotatable bonds is 5. The third-order valence-corrected chi connectivity index (χ3v) is 1.32. The van der Waals surface area contributed by atoms with Crippen LogP contribution in [0.5, 0.6) is 0 Å². The van der Waals surface area contributed by atoms with Gasteiger partial charge in [-0.25, -0.2) is 0 Å². The van der Waals surface area contributed by atoms with Crippen LogP contribution in [-0.4, -0.2) is 24.2 Å². The van der Waals surface area contributed by atoms with E-state index in [1.165, 1.54) is 0 Å². The highest BCUT2D eigenvalue weighted by Gasteiger charge is 1.86. The molecule has 10 heavy (non-hydrogen) atoms. The van der Waals surface area contributed by atoms with Crippen LogP contribution in [0.25, 0.3) is 0 Å². The van der Waals surface area contributed by atoms with Crippen LogP contribution >= 0.6 is 12.6 Å². The average Bonchev–Trinajstić information content (AvgIpc) is 1.98. The van der Waals surface area contributed by atoms with E-state index < -0.39 is 0 Å². The van der Waals surface area contributed by atoms with E-state index in [0.29, 0.717) is 6.42 Å². The molecule has 0 unspecified atom stereocenters. The molecule has 0 saturated carbocycles. The predicted octanol–water partition coefficient (Wildman–Crippen LogP) is 1.81. The molecule has 0 rings (SSSR count). The molecule has 0 radical (unpaired) electrons. The molecule has 0 aromatic carbocycles. The third kappa shape index (κ3) is 5.82. The van der Waals surface area contributed by atoms with Crippen molar-refractivity contribution in [3.63, 3.8) is 0 Å². The molecule has 0 aromatic heterocycles. The van der Waals surface area contributed by atoms with Gasteiger partial charge < -0.3 is 5.41 Å². The van der Waals surface area contributed by atoms with Gasteiger partial charge in [0.15, 0.2) is 0 Å². The number of nitrogens with one attached hydrogen (secondary N) is 1. The van der Waals surface area contributed by atoms with Gasteiger partial charge in [-0.15, -0.1) is 0 Å². The zero-order chi connectivity index (χ0) is 7.82. The van der Waals surface area contributed by atoms with Crippen LogP contribution in [-0.2, 0) is 0 Å². The molecule has 0 aliphatic heterocycles. The summed E-state index contributed by atoms with van der Waals surface area (Å²) in [5, 5.41) is 7.26. The van der Waals surface area contributed by atoms with Gasteiger partial charge in [0.1, 0.15) is 0 Å². The maximum atomic E-state index is 7.26. The smallest absolute Gasteiger partial charge is 0.0473 e. The normalized spacial score (nSPS) is 10.6. The minimum atomic E-state index is 0.699. The zero-order valence-corrected chi connectivity index (χ0v) is 7.19. The fourth-order valence-electron chi connectivity index (χ4n) is 0.468.